The summed E-state index contributed by atoms with van der Waals surface area (Å²) < 4.78 is 0. The lowest BCUT2D eigenvalue weighted by atomic mass is 9.81. The summed E-state index contributed by atoms with van der Waals surface area (Å²) in [5, 5.41) is 11.8. The first-order valence-corrected chi connectivity index (χ1v) is 13.4. The number of H-pyrrole nitrogens is 2. The van der Waals surface area contributed by atoms with Crippen LogP contribution >= 0.6 is 0 Å². The summed E-state index contributed by atoms with van der Waals surface area (Å²) in [6.45, 7) is 2.66. The number of benzene rings is 2. The molecule has 2 aromatic carbocycles. The number of aryl methyl sites for hydroxylation is 1. The highest BCUT2D eigenvalue weighted by atomic mass is 16.2. The van der Waals surface area contributed by atoms with Crippen molar-refractivity contribution in [1.82, 2.24) is 20.5 Å². The monoisotopic (exact) mass is 526 g/mol. The normalized spacial score (nSPS) is 18.0. The molecule has 1 saturated carbocycles. The first kappa shape index (κ1) is 26.4. The van der Waals surface area contributed by atoms with Crippen LogP contribution in [-0.4, -0.2) is 39.6 Å². The number of aromatic amines is 2. The topological polar surface area (TPSA) is 146 Å². The van der Waals surface area contributed by atoms with Gasteiger partial charge in [0.05, 0.1) is 10.9 Å². The molecular formula is C30H34N6O3. The average molecular weight is 527 g/mol. The number of aromatic nitrogens is 3. The Morgan fingerprint density at radius 2 is 1.90 bits per heavy atom. The fraction of sp³-hybridized carbons (Fsp3) is 0.333. The van der Waals surface area contributed by atoms with Crippen LogP contribution in [0, 0.1) is 18.8 Å². The number of anilines is 1. The summed E-state index contributed by atoms with van der Waals surface area (Å²) in [6, 6.07) is 14.2. The zero-order valence-corrected chi connectivity index (χ0v) is 22.0. The van der Waals surface area contributed by atoms with Gasteiger partial charge in [0.1, 0.15) is 6.04 Å². The zero-order chi connectivity index (χ0) is 27.4. The second-order valence-electron chi connectivity index (χ2n) is 10.4. The Morgan fingerprint density at radius 1 is 1.08 bits per heavy atom. The summed E-state index contributed by atoms with van der Waals surface area (Å²) in [5.74, 6) is -0.0867. The van der Waals surface area contributed by atoms with Gasteiger partial charge in [-0.25, -0.2) is 0 Å². The fourth-order valence-electron chi connectivity index (χ4n) is 5.40. The van der Waals surface area contributed by atoms with Crippen molar-refractivity contribution in [1.29, 1.82) is 0 Å². The first-order chi connectivity index (χ1) is 18.9. The van der Waals surface area contributed by atoms with Crippen molar-refractivity contribution in [3.63, 3.8) is 0 Å². The van der Waals surface area contributed by atoms with Crippen LogP contribution in [0.5, 0.6) is 0 Å². The molecule has 39 heavy (non-hydrogen) atoms. The van der Waals surface area contributed by atoms with Crippen LogP contribution in [0.1, 0.15) is 36.8 Å². The van der Waals surface area contributed by atoms with Gasteiger partial charge in [0.2, 0.25) is 11.8 Å². The summed E-state index contributed by atoms with van der Waals surface area (Å²) in [6.07, 6.45) is 7.32. The van der Waals surface area contributed by atoms with Crippen LogP contribution in [0.2, 0.25) is 0 Å². The van der Waals surface area contributed by atoms with E-state index in [1.165, 1.54) is 0 Å². The predicted molar refractivity (Wildman–Crippen MR) is 152 cm³/mol. The number of carbonyl (C=O) groups is 2. The third kappa shape index (κ3) is 6.09. The fourth-order valence-corrected chi connectivity index (χ4v) is 5.40. The van der Waals surface area contributed by atoms with E-state index in [4.69, 9.17) is 5.73 Å². The van der Waals surface area contributed by atoms with Crippen LogP contribution in [-0.2, 0) is 16.0 Å². The number of nitrogens with two attached hydrogens (primary N) is 1. The lowest BCUT2D eigenvalue weighted by Gasteiger charge is -2.28. The minimum atomic E-state index is -0.778. The molecule has 0 unspecified atom stereocenters. The number of hydrogen-bond acceptors (Lipinski definition) is 5. The molecular weight excluding hydrogens is 492 g/mol. The van der Waals surface area contributed by atoms with Gasteiger partial charge in [0, 0.05) is 30.4 Å². The quantitative estimate of drug-likeness (QED) is 0.238. The van der Waals surface area contributed by atoms with Crippen LogP contribution in [0.3, 0.4) is 0 Å². The number of nitrogens with one attached hydrogen (secondary N) is 4. The molecule has 1 aliphatic carbocycles. The first-order valence-electron chi connectivity index (χ1n) is 13.4. The molecule has 9 nitrogen and oxygen atoms in total. The molecule has 2 heterocycles. The lowest BCUT2D eigenvalue weighted by Crippen LogP contribution is -2.48. The number of rotatable bonds is 8. The molecule has 5 rings (SSSR count). The highest BCUT2D eigenvalue weighted by Crippen LogP contribution is 2.29. The number of pyridine rings is 1. The number of hydrogen-bond donors (Lipinski definition) is 5. The van der Waals surface area contributed by atoms with Crippen molar-refractivity contribution in [3.8, 4) is 11.1 Å². The van der Waals surface area contributed by atoms with E-state index in [0.717, 1.165) is 47.9 Å². The average Bonchev–Trinajstić information content (AvgIpc) is 3.32. The maximum Gasteiger partial charge on any atom is 0.271 e. The highest BCUT2D eigenvalue weighted by Gasteiger charge is 2.29. The van der Waals surface area contributed by atoms with Gasteiger partial charge in [0.15, 0.2) is 0 Å². The van der Waals surface area contributed by atoms with Gasteiger partial charge in [-0.2, -0.15) is 0 Å². The Balaban J connectivity index is 1.37. The van der Waals surface area contributed by atoms with E-state index in [2.05, 4.69) is 31.9 Å². The van der Waals surface area contributed by atoms with Crippen LogP contribution in [0.15, 0.2) is 65.7 Å². The zero-order valence-electron chi connectivity index (χ0n) is 22.0. The minimum Gasteiger partial charge on any atom is -0.344 e. The molecule has 0 saturated heterocycles. The second-order valence-corrected chi connectivity index (χ2v) is 10.4. The van der Waals surface area contributed by atoms with E-state index < -0.39 is 6.04 Å². The van der Waals surface area contributed by atoms with E-state index in [9.17, 15) is 14.4 Å². The number of carbonyl (C=O) groups excluding carboxylic acids is 2. The molecule has 1 fully saturated rings. The Kier molecular flexibility index (Phi) is 7.88. The van der Waals surface area contributed by atoms with E-state index >= 15 is 0 Å². The molecule has 4 aromatic rings. The van der Waals surface area contributed by atoms with Gasteiger partial charge in [-0.1, -0.05) is 24.3 Å². The Morgan fingerprint density at radius 3 is 2.67 bits per heavy atom. The Bertz CT molecular complexity index is 1530. The van der Waals surface area contributed by atoms with E-state index in [-0.39, 0.29) is 23.3 Å². The van der Waals surface area contributed by atoms with Crippen molar-refractivity contribution in [3.05, 3.63) is 82.4 Å². The third-order valence-corrected chi connectivity index (χ3v) is 7.72. The van der Waals surface area contributed by atoms with Gasteiger partial charge in [0.25, 0.3) is 5.56 Å². The largest absolute Gasteiger partial charge is 0.344 e. The van der Waals surface area contributed by atoms with Gasteiger partial charge in [-0.05, 0) is 91.6 Å². The molecule has 1 atom stereocenters. The van der Waals surface area contributed by atoms with Gasteiger partial charge < -0.3 is 16.4 Å². The molecule has 1 aliphatic rings. The Labute approximate surface area is 226 Å². The van der Waals surface area contributed by atoms with Crippen molar-refractivity contribution in [2.75, 3.05) is 11.9 Å². The minimum absolute atomic E-state index is 0.0998. The second kappa shape index (κ2) is 11.7. The maximum absolute atomic E-state index is 13.6. The van der Waals surface area contributed by atoms with Crippen LogP contribution < -0.4 is 21.9 Å². The number of amides is 2. The van der Waals surface area contributed by atoms with Crippen molar-refractivity contribution >= 4 is 28.4 Å². The maximum atomic E-state index is 13.6. The number of nitrogens with zero attached hydrogens (tertiary/aromatic N) is 1. The SMILES string of the molecule is Cc1cnccc1-c1cccc(C[C@H](NC(=O)C2CCC(CN)CC2)C(=O)Nc2ccc3c(=O)[nH][nH]c3c2)c1. The molecule has 2 aromatic heterocycles. The van der Waals surface area contributed by atoms with Crippen molar-refractivity contribution in [2.24, 2.45) is 17.6 Å². The molecule has 0 aliphatic heterocycles. The van der Waals surface area contributed by atoms with Crippen molar-refractivity contribution in [2.45, 2.75) is 45.1 Å². The summed E-state index contributed by atoms with van der Waals surface area (Å²) in [5.41, 5.74) is 10.8. The van der Waals surface area contributed by atoms with Crippen LogP contribution in [0.25, 0.3) is 22.0 Å². The third-order valence-electron chi connectivity index (χ3n) is 7.72. The standard InChI is InChI=1S/C30H34N6O3/c1-18-17-32-12-11-24(18)22-4-2-3-20(13-22)14-27(34-28(37)21-7-5-19(16-31)6-8-21)30(39)33-23-9-10-25-26(15-23)35-36-29(25)38/h2-4,9-13,15,17,19,21,27H,5-8,14,16,31H2,1H3,(H,33,39)(H,34,37)(H2,35,36,38)/t19?,21?,27-/m0/s1. The summed E-state index contributed by atoms with van der Waals surface area (Å²) >= 11 is 0. The van der Waals surface area contributed by atoms with Crippen LogP contribution in [0.4, 0.5) is 5.69 Å². The van der Waals surface area contributed by atoms with Gasteiger partial charge >= 0.3 is 0 Å². The van der Waals surface area contributed by atoms with E-state index in [0.29, 0.717) is 35.5 Å². The van der Waals surface area contributed by atoms with E-state index in [1.807, 2.05) is 37.4 Å². The molecule has 9 heteroatoms. The molecule has 0 bridgehead atoms. The van der Waals surface area contributed by atoms with E-state index in [1.54, 1.807) is 24.4 Å². The molecule has 2 amide bonds. The van der Waals surface area contributed by atoms with Crippen molar-refractivity contribution < 1.29 is 9.59 Å². The predicted octanol–water partition coefficient (Wildman–Crippen LogP) is 3.66. The summed E-state index contributed by atoms with van der Waals surface area (Å²) in [4.78, 5) is 42.9. The lowest BCUT2D eigenvalue weighted by molar-refractivity contribution is -0.130. The highest BCUT2D eigenvalue weighted by molar-refractivity contribution is 5.99. The molecule has 0 radical (unpaired) electrons. The molecule has 202 valence electrons. The molecule has 6 N–H and O–H groups in total. The van der Waals surface area contributed by atoms with Gasteiger partial charge in [-0.3, -0.25) is 29.6 Å². The number of fused-ring (bicyclic) bond motifs is 1. The molecule has 0 spiro atoms. The summed E-state index contributed by atoms with van der Waals surface area (Å²) in [7, 11) is 0. The van der Waals surface area contributed by atoms with Gasteiger partial charge in [-0.15, -0.1) is 0 Å². The smallest absolute Gasteiger partial charge is 0.271 e. The Hall–Kier alpha value is -4.24.